The highest BCUT2D eigenvalue weighted by molar-refractivity contribution is 6.02. The van der Waals surface area contributed by atoms with E-state index < -0.39 is 30.0 Å². The van der Waals surface area contributed by atoms with Gasteiger partial charge in [0.2, 0.25) is 6.10 Å². The van der Waals surface area contributed by atoms with E-state index in [-0.39, 0.29) is 36.1 Å². The van der Waals surface area contributed by atoms with Gasteiger partial charge in [-0.3, -0.25) is 14.5 Å². The number of hydrogen-bond donors (Lipinski definition) is 1. The topological polar surface area (TPSA) is 102 Å². The number of amides is 3. The van der Waals surface area contributed by atoms with Crippen LogP contribution in [0.5, 0.6) is 5.75 Å². The van der Waals surface area contributed by atoms with Crippen LogP contribution in [-0.4, -0.2) is 43.7 Å². The fourth-order valence-electron chi connectivity index (χ4n) is 3.33. The van der Waals surface area contributed by atoms with Gasteiger partial charge in [0, 0.05) is 25.1 Å². The second kappa shape index (κ2) is 4.34. The van der Waals surface area contributed by atoms with Crippen molar-refractivity contribution in [3.05, 3.63) is 17.4 Å². The Morgan fingerprint density at radius 1 is 1.43 bits per heavy atom. The van der Waals surface area contributed by atoms with Crippen molar-refractivity contribution in [2.75, 3.05) is 23.5 Å². The summed E-state index contributed by atoms with van der Waals surface area (Å²) >= 11 is 0. The van der Waals surface area contributed by atoms with E-state index >= 15 is 0 Å². The molecule has 0 bridgehead atoms. The maximum absolute atomic E-state index is 14.4. The summed E-state index contributed by atoms with van der Waals surface area (Å²) in [6, 6.07) is 0.518. The maximum Gasteiger partial charge on any atom is 0.415 e. The van der Waals surface area contributed by atoms with E-state index in [1.54, 1.807) is 0 Å². The minimum atomic E-state index is -1.10. The summed E-state index contributed by atoms with van der Waals surface area (Å²) in [4.78, 5) is 37.5. The molecule has 0 saturated carbocycles. The number of nitrogens with zero attached hydrogens (tertiary/aromatic N) is 2. The van der Waals surface area contributed by atoms with Gasteiger partial charge in [0.15, 0.2) is 18.2 Å². The molecule has 0 spiro atoms. The van der Waals surface area contributed by atoms with Crippen LogP contribution in [0.15, 0.2) is 6.07 Å². The zero-order valence-corrected chi connectivity index (χ0v) is 12.0. The summed E-state index contributed by atoms with van der Waals surface area (Å²) in [7, 11) is 1.45. The lowest BCUT2D eigenvalue weighted by Crippen LogP contribution is -2.41. The molecule has 4 rings (SSSR count). The quantitative estimate of drug-likeness (QED) is 0.779. The maximum atomic E-state index is 14.4. The van der Waals surface area contributed by atoms with Gasteiger partial charge in [0.25, 0.3) is 11.8 Å². The van der Waals surface area contributed by atoms with E-state index in [9.17, 15) is 18.8 Å². The summed E-state index contributed by atoms with van der Waals surface area (Å²) < 4.78 is 24.8. The number of fused-ring (bicyclic) bond motifs is 5. The number of ether oxygens (including phenoxy) is 2. The van der Waals surface area contributed by atoms with Gasteiger partial charge in [0.05, 0.1) is 11.7 Å². The molecule has 0 radical (unpaired) electrons. The predicted molar refractivity (Wildman–Crippen MR) is 74.7 cm³/mol. The number of nitrogens with two attached hydrogens (primary N) is 1. The molecule has 8 nitrogen and oxygen atoms in total. The van der Waals surface area contributed by atoms with Crippen molar-refractivity contribution in [2.45, 2.75) is 18.6 Å². The van der Waals surface area contributed by atoms with Crippen LogP contribution in [0, 0.1) is 5.82 Å². The molecule has 0 aromatic heterocycles. The molecular weight excluding hydrogens is 309 g/mol. The van der Waals surface area contributed by atoms with Gasteiger partial charge in [-0.25, -0.2) is 9.18 Å². The fraction of sp³-hybridized carbons (Fsp3) is 0.357. The van der Waals surface area contributed by atoms with Crippen LogP contribution < -0.4 is 20.3 Å². The number of benzene rings is 1. The predicted octanol–water partition coefficient (Wildman–Crippen LogP) is -0.0839. The van der Waals surface area contributed by atoms with Gasteiger partial charge in [-0.1, -0.05) is 0 Å². The molecule has 9 heteroatoms. The summed E-state index contributed by atoms with van der Waals surface area (Å²) in [5, 5.41) is 0. The van der Waals surface area contributed by atoms with Gasteiger partial charge in [-0.05, 0) is 0 Å². The van der Waals surface area contributed by atoms with Crippen molar-refractivity contribution in [3.8, 4) is 5.75 Å². The standard InChI is InChI=1S/C14H12FN3O5/c1-17-9(19)4-22-11-5-2-8-12(13(16)20)23-14(21)18(8)7(5)3-6(15)10(11)17/h3,8,12H,2,4H2,1H3,(H2,16,20)/t8-,12+/m0/s1. The number of hydrogen-bond acceptors (Lipinski definition) is 5. The van der Waals surface area contributed by atoms with Gasteiger partial charge >= 0.3 is 6.09 Å². The van der Waals surface area contributed by atoms with E-state index in [1.807, 2.05) is 0 Å². The highest BCUT2D eigenvalue weighted by atomic mass is 19.1. The van der Waals surface area contributed by atoms with Gasteiger partial charge in [-0.2, -0.15) is 0 Å². The highest BCUT2D eigenvalue weighted by Crippen LogP contribution is 2.49. The third kappa shape index (κ3) is 1.67. The lowest BCUT2D eigenvalue weighted by atomic mass is 10.0. The molecule has 3 heterocycles. The number of carbonyl (C=O) groups excluding carboxylic acids is 3. The van der Waals surface area contributed by atoms with Crippen molar-refractivity contribution in [2.24, 2.45) is 5.73 Å². The third-order valence-electron chi connectivity index (χ3n) is 4.40. The summed E-state index contributed by atoms with van der Waals surface area (Å²) in [5.41, 5.74) is 6.13. The largest absolute Gasteiger partial charge is 0.481 e. The van der Waals surface area contributed by atoms with E-state index in [0.29, 0.717) is 5.56 Å². The Bertz CT molecular complexity index is 780. The van der Waals surface area contributed by atoms with E-state index in [2.05, 4.69) is 0 Å². The average molecular weight is 321 g/mol. The molecule has 2 N–H and O–H groups in total. The molecule has 3 amide bonds. The molecule has 120 valence electrons. The monoisotopic (exact) mass is 321 g/mol. The van der Waals surface area contributed by atoms with Crippen LogP contribution in [0.3, 0.4) is 0 Å². The van der Waals surface area contributed by atoms with Crippen LogP contribution in [0.4, 0.5) is 20.6 Å². The van der Waals surface area contributed by atoms with Crippen molar-refractivity contribution >= 4 is 29.3 Å². The molecule has 0 unspecified atom stereocenters. The minimum Gasteiger partial charge on any atom is -0.481 e. The number of likely N-dealkylation sites (N-methyl/N-ethyl adjacent to an activating group) is 1. The number of cyclic esters (lactones) is 1. The number of carbonyl (C=O) groups is 3. The average Bonchev–Trinajstić information content (AvgIpc) is 3.01. The van der Waals surface area contributed by atoms with Crippen LogP contribution in [-0.2, 0) is 20.7 Å². The van der Waals surface area contributed by atoms with Crippen molar-refractivity contribution < 1.29 is 28.2 Å². The highest BCUT2D eigenvalue weighted by Gasteiger charge is 2.52. The first-order valence-electron chi connectivity index (χ1n) is 6.94. The van der Waals surface area contributed by atoms with Crippen LogP contribution >= 0.6 is 0 Å². The molecule has 1 fully saturated rings. The van der Waals surface area contributed by atoms with E-state index in [0.717, 1.165) is 6.07 Å². The summed E-state index contributed by atoms with van der Waals surface area (Å²) in [6.45, 7) is -0.215. The molecule has 1 aromatic rings. The zero-order chi connectivity index (χ0) is 16.5. The number of halogens is 1. The lowest BCUT2D eigenvalue weighted by molar-refractivity contribution is -0.125. The normalized spacial score (nSPS) is 24.8. The lowest BCUT2D eigenvalue weighted by Gasteiger charge is -2.28. The SMILES string of the molecule is CN1C(=O)COc2c3c(cc(F)c21)N1C(=O)O[C@@H](C(N)=O)[C@@H]1C3. The Balaban J connectivity index is 1.87. The molecule has 1 aromatic carbocycles. The Morgan fingerprint density at radius 3 is 2.87 bits per heavy atom. The second-order valence-electron chi connectivity index (χ2n) is 5.62. The van der Waals surface area contributed by atoms with Crippen LogP contribution in [0.25, 0.3) is 0 Å². The Hall–Kier alpha value is -2.84. The minimum absolute atomic E-state index is 0.0326. The smallest absolute Gasteiger partial charge is 0.415 e. The number of anilines is 2. The van der Waals surface area contributed by atoms with Crippen molar-refractivity contribution in [1.82, 2.24) is 0 Å². The van der Waals surface area contributed by atoms with Crippen molar-refractivity contribution in [1.29, 1.82) is 0 Å². The molecule has 3 aliphatic heterocycles. The third-order valence-corrected chi connectivity index (χ3v) is 4.40. The first kappa shape index (κ1) is 13.8. The molecule has 0 aliphatic carbocycles. The van der Waals surface area contributed by atoms with E-state index in [4.69, 9.17) is 15.2 Å². The molecule has 1 saturated heterocycles. The Labute approximate surface area is 129 Å². The van der Waals surface area contributed by atoms with E-state index in [1.165, 1.54) is 16.8 Å². The van der Waals surface area contributed by atoms with Crippen LogP contribution in [0.1, 0.15) is 5.56 Å². The Morgan fingerprint density at radius 2 is 2.17 bits per heavy atom. The fourth-order valence-corrected chi connectivity index (χ4v) is 3.33. The number of primary amides is 1. The van der Waals surface area contributed by atoms with Gasteiger partial charge in [0.1, 0.15) is 5.69 Å². The summed E-state index contributed by atoms with van der Waals surface area (Å²) in [5.74, 6) is -1.61. The summed E-state index contributed by atoms with van der Waals surface area (Å²) in [6.07, 6.45) is -1.62. The van der Waals surface area contributed by atoms with Gasteiger partial charge < -0.3 is 20.1 Å². The van der Waals surface area contributed by atoms with Crippen LogP contribution in [0.2, 0.25) is 0 Å². The number of rotatable bonds is 1. The van der Waals surface area contributed by atoms with Crippen molar-refractivity contribution in [3.63, 3.8) is 0 Å². The molecule has 23 heavy (non-hydrogen) atoms. The molecule has 2 atom stereocenters. The Kier molecular flexibility index (Phi) is 2.60. The van der Waals surface area contributed by atoms with Gasteiger partial charge in [-0.15, -0.1) is 0 Å². The first-order valence-corrected chi connectivity index (χ1v) is 6.94. The molecule has 3 aliphatic rings. The molecular formula is C14H12FN3O5. The second-order valence-corrected chi connectivity index (χ2v) is 5.62. The zero-order valence-electron chi connectivity index (χ0n) is 12.0. The first-order chi connectivity index (χ1) is 10.9.